The molecular formula is C9H11BrN2O3. The Morgan fingerprint density at radius 1 is 1.60 bits per heavy atom. The lowest BCUT2D eigenvalue weighted by molar-refractivity contribution is -0.125. The minimum absolute atomic E-state index is 0.167. The fourth-order valence-corrected chi connectivity index (χ4v) is 1.34. The van der Waals surface area contributed by atoms with Gasteiger partial charge in [-0.05, 0) is 33.6 Å². The Kier molecular flexibility index (Phi) is 4.54. The third-order valence-electron chi connectivity index (χ3n) is 1.60. The lowest BCUT2D eigenvalue weighted by Crippen LogP contribution is -2.24. The normalized spacial score (nSPS) is 10.2. The molecule has 0 unspecified atom stereocenters. The van der Waals surface area contributed by atoms with Crippen LogP contribution in [0.1, 0.15) is 5.56 Å². The van der Waals surface area contributed by atoms with E-state index in [-0.39, 0.29) is 12.4 Å². The molecule has 0 aromatic heterocycles. The fourth-order valence-electron chi connectivity index (χ4n) is 0.917. The maximum atomic E-state index is 10.3. The molecule has 0 radical (unpaired) electrons. The second-order valence-corrected chi connectivity index (χ2v) is 3.72. The van der Waals surface area contributed by atoms with Crippen LogP contribution in [0, 0.1) is 0 Å². The van der Waals surface area contributed by atoms with Gasteiger partial charge in [0.05, 0.1) is 4.47 Å². The van der Waals surface area contributed by atoms with Crippen molar-refractivity contribution in [3.8, 4) is 5.75 Å². The van der Waals surface area contributed by atoms with E-state index in [1.54, 1.807) is 18.2 Å². The summed E-state index contributed by atoms with van der Waals surface area (Å²) in [5.74, 6) is -0.355. The van der Waals surface area contributed by atoms with Gasteiger partial charge in [0, 0.05) is 6.54 Å². The Hall–Kier alpha value is -1.11. The third kappa shape index (κ3) is 4.28. The van der Waals surface area contributed by atoms with Crippen molar-refractivity contribution in [1.82, 2.24) is 5.48 Å². The molecule has 82 valence electrons. The number of amides is 1. The summed E-state index contributed by atoms with van der Waals surface area (Å²) in [6.45, 7) is 0.255. The number of hydroxylamine groups is 1. The molecule has 5 nitrogen and oxygen atoms in total. The second-order valence-electron chi connectivity index (χ2n) is 2.86. The summed E-state index contributed by atoms with van der Waals surface area (Å²) in [6, 6.07) is 5.05. The number of halogens is 1. The SMILES string of the molecule is NC(=O)CONCc1ccc(O)c(Br)c1. The van der Waals surface area contributed by atoms with Crippen LogP contribution in [0.2, 0.25) is 0 Å². The van der Waals surface area contributed by atoms with Crippen LogP contribution >= 0.6 is 15.9 Å². The van der Waals surface area contributed by atoms with E-state index in [0.717, 1.165) is 5.56 Å². The van der Waals surface area contributed by atoms with E-state index in [0.29, 0.717) is 11.0 Å². The summed E-state index contributed by atoms with van der Waals surface area (Å²) in [5.41, 5.74) is 8.35. The Balaban J connectivity index is 2.38. The van der Waals surface area contributed by atoms with Gasteiger partial charge in [-0.2, -0.15) is 5.48 Å². The van der Waals surface area contributed by atoms with Crippen LogP contribution in [0.25, 0.3) is 0 Å². The zero-order chi connectivity index (χ0) is 11.3. The molecule has 0 bridgehead atoms. The molecule has 1 rings (SSSR count). The van der Waals surface area contributed by atoms with E-state index in [4.69, 9.17) is 10.6 Å². The van der Waals surface area contributed by atoms with Gasteiger partial charge < -0.3 is 10.8 Å². The largest absolute Gasteiger partial charge is 0.507 e. The lowest BCUT2D eigenvalue weighted by Gasteiger charge is -2.05. The first kappa shape index (κ1) is 12.0. The number of nitrogens with one attached hydrogen (secondary N) is 1. The molecule has 0 atom stereocenters. The average Bonchev–Trinajstić information content (AvgIpc) is 2.18. The van der Waals surface area contributed by atoms with Crippen molar-refractivity contribution < 1.29 is 14.7 Å². The van der Waals surface area contributed by atoms with Gasteiger partial charge in [0.25, 0.3) is 0 Å². The highest BCUT2D eigenvalue weighted by molar-refractivity contribution is 9.10. The van der Waals surface area contributed by atoms with Crippen molar-refractivity contribution >= 4 is 21.8 Å². The van der Waals surface area contributed by atoms with Crippen molar-refractivity contribution in [2.75, 3.05) is 6.61 Å². The summed E-state index contributed by atoms with van der Waals surface area (Å²) in [4.78, 5) is 15.1. The van der Waals surface area contributed by atoms with Crippen molar-refractivity contribution in [2.45, 2.75) is 6.54 Å². The van der Waals surface area contributed by atoms with Gasteiger partial charge in [-0.15, -0.1) is 0 Å². The molecule has 0 saturated carbocycles. The number of nitrogens with two attached hydrogens (primary N) is 1. The quantitative estimate of drug-likeness (QED) is 0.544. The van der Waals surface area contributed by atoms with E-state index in [1.807, 2.05) is 0 Å². The minimum Gasteiger partial charge on any atom is -0.507 e. The number of aromatic hydroxyl groups is 1. The van der Waals surface area contributed by atoms with Crippen LogP contribution in [-0.2, 0) is 16.2 Å². The fraction of sp³-hybridized carbons (Fsp3) is 0.222. The molecule has 15 heavy (non-hydrogen) atoms. The van der Waals surface area contributed by atoms with Crippen molar-refractivity contribution in [1.29, 1.82) is 0 Å². The zero-order valence-electron chi connectivity index (χ0n) is 7.87. The number of benzene rings is 1. The molecule has 0 heterocycles. The van der Waals surface area contributed by atoms with E-state index in [9.17, 15) is 9.90 Å². The minimum atomic E-state index is -0.533. The maximum absolute atomic E-state index is 10.3. The van der Waals surface area contributed by atoms with Crippen LogP contribution in [0.4, 0.5) is 0 Å². The second kappa shape index (κ2) is 5.69. The van der Waals surface area contributed by atoms with E-state index >= 15 is 0 Å². The van der Waals surface area contributed by atoms with Crippen LogP contribution < -0.4 is 11.2 Å². The standard InChI is InChI=1S/C9H11BrN2O3/c10-7-3-6(1-2-8(7)13)4-12-15-5-9(11)14/h1-3,12-13H,4-5H2,(H2,11,14). The van der Waals surface area contributed by atoms with Crippen molar-refractivity contribution in [3.63, 3.8) is 0 Å². The van der Waals surface area contributed by atoms with Crippen LogP contribution in [0.15, 0.2) is 22.7 Å². The van der Waals surface area contributed by atoms with Crippen LogP contribution in [-0.4, -0.2) is 17.6 Å². The summed E-state index contributed by atoms with van der Waals surface area (Å²) in [7, 11) is 0. The maximum Gasteiger partial charge on any atom is 0.245 e. The molecule has 0 aliphatic carbocycles. The Labute approximate surface area is 95.3 Å². The van der Waals surface area contributed by atoms with E-state index < -0.39 is 5.91 Å². The average molecular weight is 275 g/mol. The first-order valence-corrected chi connectivity index (χ1v) is 4.99. The molecule has 1 aromatic carbocycles. The highest BCUT2D eigenvalue weighted by Crippen LogP contribution is 2.23. The molecular weight excluding hydrogens is 264 g/mol. The van der Waals surface area contributed by atoms with Crippen molar-refractivity contribution in [3.05, 3.63) is 28.2 Å². The van der Waals surface area contributed by atoms with Gasteiger partial charge in [-0.1, -0.05) is 6.07 Å². The third-order valence-corrected chi connectivity index (χ3v) is 2.24. The number of rotatable bonds is 5. The molecule has 0 aliphatic heterocycles. The molecule has 0 aliphatic rings. The molecule has 0 fully saturated rings. The smallest absolute Gasteiger partial charge is 0.245 e. The topological polar surface area (TPSA) is 84.6 Å². The molecule has 0 saturated heterocycles. The zero-order valence-corrected chi connectivity index (χ0v) is 9.45. The van der Waals surface area contributed by atoms with Gasteiger partial charge in [0.15, 0.2) is 0 Å². The number of hydrogen-bond acceptors (Lipinski definition) is 4. The Morgan fingerprint density at radius 3 is 2.93 bits per heavy atom. The Morgan fingerprint density at radius 2 is 2.33 bits per heavy atom. The number of hydrogen-bond donors (Lipinski definition) is 3. The van der Waals surface area contributed by atoms with Crippen LogP contribution in [0.5, 0.6) is 5.75 Å². The van der Waals surface area contributed by atoms with Gasteiger partial charge in [0.1, 0.15) is 12.4 Å². The van der Waals surface area contributed by atoms with E-state index in [2.05, 4.69) is 21.4 Å². The van der Waals surface area contributed by atoms with Gasteiger partial charge >= 0.3 is 0 Å². The molecule has 6 heteroatoms. The number of carbonyl (C=O) groups excluding carboxylic acids is 1. The Bertz CT molecular complexity index is 357. The van der Waals surface area contributed by atoms with Crippen molar-refractivity contribution in [2.24, 2.45) is 5.73 Å². The summed E-state index contributed by atoms with van der Waals surface area (Å²) < 4.78 is 0.608. The van der Waals surface area contributed by atoms with E-state index in [1.165, 1.54) is 0 Å². The predicted molar refractivity (Wildman–Crippen MR) is 57.8 cm³/mol. The number of phenolic OH excluding ortho intramolecular Hbond substituents is 1. The predicted octanol–water partition coefficient (Wildman–Crippen LogP) is 0.661. The van der Waals surface area contributed by atoms with Gasteiger partial charge in [-0.3, -0.25) is 9.63 Å². The first-order valence-electron chi connectivity index (χ1n) is 4.20. The van der Waals surface area contributed by atoms with Gasteiger partial charge in [0.2, 0.25) is 5.91 Å². The monoisotopic (exact) mass is 274 g/mol. The number of carbonyl (C=O) groups is 1. The van der Waals surface area contributed by atoms with Gasteiger partial charge in [-0.25, -0.2) is 0 Å². The molecule has 1 amide bonds. The first-order chi connectivity index (χ1) is 7.09. The molecule has 0 spiro atoms. The summed E-state index contributed by atoms with van der Waals surface area (Å²) in [5, 5.41) is 9.23. The summed E-state index contributed by atoms with van der Waals surface area (Å²) in [6.07, 6.45) is 0. The lowest BCUT2D eigenvalue weighted by atomic mass is 10.2. The molecule has 1 aromatic rings. The molecule has 4 N–H and O–H groups in total. The highest BCUT2D eigenvalue weighted by atomic mass is 79.9. The number of phenols is 1. The summed E-state index contributed by atoms with van der Waals surface area (Å²) >= 11 is 3.19. The number of primary amides is 1. The van der Waals surface area contributed by atoms with Crippen LogP contribution in [0.3, 0.4) is 0 Å². The highest BCUT2D eigenvalue weighted by Gasteiger charge is 1.99.